The zero-order valence-electron chi connectivity index (χ0n) is 11.9. The van der Waals surface area contributed by atoms with Gasteiger partial charge in [0.2, 0.25) is 0 Å². The van der Waals surface area contributed by atoms with E-state index in [2.05, 4.69) is 16.7 Å². The maximum atomic E-state index is 12.3. The van der Waals surface area contributed by atoms with Crippen molar-refractivity contribution >= 4 is 15.8 Å². The molecule has 7 heteroatoms. The van der Waals surface area contributed by atoms with Gasteiger partial charge < -0.3 is 0 Å². The van der Waals surface area contributed by atoms with Gasteiger partial charge in [0.05, 0.1) is 11.1 Å². The molecule has 6 nitrogen and oxygen atoms in total. The number of nitrogens with one attached hydrogen (secondary N) is 1. The van der Waals surface area contributed by atoms with E-state index in [-0.39, 0.29) is 16.3 Å². The molecule has 0 bridgehead atoms. The molecule has 110 valence electrons. The zero-order chi connectivity index (χ0) is 15.5. The van der Waals surface area contributed by atoms with Crippen molar-refractivity contribution in [2.45, 2.75) is 24.7 Å². The van der Waals surface area contributed by atoms with Crippen LogP contribution in [0.3, 0.4) is 0 Å². The summed E-state index contributed by atoms with van der Waals surface area (Å²) in [5.41, 5.74) is 1.28. The molecule has 0 saturated carbocycles. The molecule has 0 unspecified atom stereocenters. The Morgan fingerprint density at radius 2 is 2.00 bits per heavy atom. The van der Waals surface area contributed by atoms with E-state index in [4.69, 9.17) is 5.26 Å². The second-order valence-corrected chi connectivity index (χ2v) is 6.32. The van der Waals surface area contributed by atoms with Crippen molar-refractivity contribution in [1.82, 2.24) is 9.78 Å². The van der Waals surface area contributed by atoms with Crippen LogP contribution in [-0.4, -0.2) is 18.2 Å². The molecule has 0 aliphatic carbocycles. The molecule has 2 rings (SSSR count). The summed E-state index contributed by atoms with van der Waals surface area (Å²) in [6.07, 6.45) is 3.24. The van der Waals surface area contributed by atoms with Gasteiger partial charge in [-0.2, -0.15) is 10.4 Å². The molecule has 0 fully saturated rings. The molecule has 2 aromatic rings. The first kappa shape index (κ1) is 15.1. The standard InChI is InChI=1S/C14H16N4O2S/c1-3-4-11-5-7-13(8-6-11)21(19,20)17-14-12(9-15)10-16-18(14)2/h5-8,10,17H,3-4H2,1-2H3. The Labute approximate surface area is 124 Å². The van der Waals surface area contributed by atoms with Crippen LogP contribution in [-0.2, 0) is 23.5 Å². The quantitative estimate of drug-likeness (QED) is 0.915. The third-order valence-electron chi connectivity index (χ3n) is 3.06. The number of nitrogens with zero attached hydrogens (tertiary/aromatic N) is 3. The van der Waals surface area contributed by atoms with Gasteiger partial charge in [0.25, 0.3) is 10.0 Å². The number of sulfonamides is 1. The fourth-order valence-corrected chi connectivity index (χ4v) is 3.06. The lowest BCUT2D eigenvalue weighted by Crippen LogP contribution is -2.16. The van der Waals surface area contributed by atoms with Gasteiger partial charge in [-0.25, -0.2) is 8.42 Å². The van der Waals surface area contributed by atoms with E-state index in [1.54, 1.807) is 31.3 Å². The predicted molar refractivity (Wildman–Crippen MR) is 79.2 cm³/mol. The lowest BCUT2D eigenvalue weighted by Gasteiger charge is -2.09. The normalized spacial score (nSPS) is 11.1. The van der Waals surface area contributed by atoms with Gasteiger partial charge >= 0.3 is 0 Å². The third-order valence-corrected chi connectivity index (χ3v) is 4.42. The molecular formula is C14H16N4O2S. The molecule has 1 heterocycles. The van der Waals surface area contributed by atoms with Crippen LogP contribution in [0, 0.1) is 11.3 Å². The lowest BCUT2D eigenvalue weighted by molar-refractivity contribution is 0.600. The molecule has 1 N–H and O–H groups in total. The number of rotatable bonds is 5. The Balaban J connectivity index is 2.30. The second-order valence-electron chi connectivity index (χ2n) is 4.64. The minimum absolute atomic E-state index is 0.160. The number of aromatic nitrogens is 2. The average molecular weight is 304 g/mol. The maximum Gasteiger partial charge on any atom is 0.263 e. The van der Waals surface area contributed by atoms with Crippen LogP contribution in [0.4, 0.5) is 5.82 Å². The van der Waals surface area contributed by atoms with E-state index >= 15 is 0 Å². The second kappa shape index (κ2) is 5.97. The number of anilines is 1. The van der Waals surface area contributed by atoms with Crippen molar-refractivity contribution < 1.29 is 8.42 Å². The summed E-state index contributed by atoms with van der Waals surface area (Å²) in [5.74, 6) is 0.162. The van der Waals surface area contributed by atoms with Gasteiger partial charge in [-0.3, -0.25) is 9.40 Å². The third kappa shape index (κ3) is 3.23. The summed E-state index contributed by atoms with van der Waals surface area (Å²) in [5, 5.41) is 12.8. The summed E-state index contributed by atoms with van der Waals surface area (Å²) in [4.78, 5) is 0.160. The van der Waals surface area contributed by atoms with Crippen LogP contribution in [0.25, 0.3) is 0 Å². The lowest BCUT2D eigenvalue weighted by atomic mass is 10.1. The van der Waals surface area contributed by atoms with Gasteiger partial charge in [0.1, 0.15) is 11.6 Å². The van der Waals surface area contributed by atoms with Crippen molar-refractivity contribution in [2.75, 3.05) is 4.72 Å². The highest BCUT2D eigenvalue weighted by Crippen LogP contribution is 2.19. The van der Waals surface area contributed by atoms with Crippen LogP contribution in [0.1, 0.15) is 24.5 Å². The molecular weight excluding hydrogens is 288 g/mol. The van der Waals surface area contributed by atoms with E-state index in [0.717, 1.165) is 18.4 Å². The van der Waals surface area contributed by atoms with Gasteiger partial charge in [-0.15, -0.1) is 0 Å². The van der Waals surface area contributed by atoms with Crippen molar-refractivity contribution in [3.05, 3.63) is 41.6 Å². The van der Waals surface area contributed by atoms with E-state index < -0.39 is 10.0 Å². The summed E-state index contributed by atoms with van der Waals surface area (Å²) in [7, 11) is -2.16. The molecule has 0 saturated heterocycles. The first-order valence-electron chi connectivity index (χ1n) is 6.51. The molecule has 1 aromatic carbocycles. The Kier molecular flexibility index (Phi) is 4.29. The topological polar surface area (TPSA) is 87.8 Å². The number of hydrogen-bond acceptors (Lipinski definition) is 4. The van der Waals surface area contributed by atoms with E-state index in [1.165, 1.54) is 10.9 Å². The molecule has 0 aliphatic rings. The average Bonchev–Trinajstić information content (AvgIpc) is 2.80. The van der Waals surface area contributed by atoms with Gasteiger partial charge in [0.15, 0.2) is 5.82 Å². The van der Waals surface area contributed by atoms with Crippen LogP contribution >= 0.6 is 0 Å². The van der Waals surface area contributed by atoms with Crippen molar-refractivity contribution in [2.24, 2.45) is 7.05 Å². The summed E-state index contributed by atoms with van der Waals surface area (Å²) in [6, 6.07) is 8.63. The smallest absolute Gasteiger partial charge is 0.262 e. The molecule has 0 spiro atoms. The number of nitriles is 1. The minimum atomic E-state index is -3.73. The molecule has 1 aromatic heterocycles. The molecule has 0 amide bonds. The fourth-order valence-electron chi connectivity index (χ4n) is 1.95. The highest BCUT2D eigenvalue weighted by molar-refractivity contribution is 7.92. The Morgan fingerprint density at radius 1 is 1.33 bits per heavy atom. The molecule has 0 aliphatic heterocycles. The first-order chi connectivity index (χ1) is 9.97. The first-order valence-corrected chi connectivity index (χ1v) is 8.00. The van der Waals surface area contributed by atoms with Crippen LogP contribution in [0.5, 0.6) is 0 Å². The Bertz CT molecular complexity index is 770. The number of aryl methyl sites for hydroxylation is 2. The number of hydrogen-bond donors (Lipinski definition) is 1. The monoisotopic (exact) mass is 304 g/mol. The highest BCUT2D eigenvalue weighted by atomic mass is 32.2. The summed E-state index contributed by atoms with van der Waals surface area (Å²) in [6.45, 7) is 2.07. The van der Waals surface area contributed by atoms with E-state index in [1.807, 2.05) is 6.07 Å². The van der Waals surface area contributed by atoms with Crippen LogP contribution in [0.2, 0.25) is 0 Å². The van der Waals surface area contributed by atoms with E-state index in [0.29, 0.717) is 0 Å². The van der Waals surface area contributed by atoms with Crippen molar-refractivity contribution in [1.29, 1.82) is 5.26 Å². The number of benzene rings is 1. The summed E-state index contributed by atoms with van der Waals surface area (Å²) < 4.78 is 28.4. The highest BCUT2D eigenvalue weighted by Gasteiger charge is 2.18. The molecule has 0 atom stereocenters. The fraction of sp³-hybridized carbons (Fsp3) is 0.286. The van der Waals surface area contributed by atoms with E-state index in [9.17, 15) is 8.42 Å². The van der Waals surface area contributed by atoms with Crippen LogP contribution < -0.4 is 4.72 Å². The van der Waals surface area contributed by atoms with Gasteiger partial charge in [0, 0.05) is 7.05 Å². The summed E-state index contributed by atoms with van der Waals surface area (Å²) >= 11 is 0. The largest absolute Gasteiger partial charge is 0.263 e. The zero-order valence-corrected chi connectivity index (χ0v) is 12.7. The SMILES string of the molecule is CCCc1ccc(S(=O)(=O)Nc2c(C#N)cnn2C)cc1. The Hall–Kier alpha value is -2.33. The van der Waals surface area contributed by atoms with Crippen molar-refractivity contribution in [3.8, 4) is 6.07 Å². The molecule has 0 radical (unpaired) electrons. The van der Waals surface area contributed by atoms with Gasteiger partial charge in [-0.1, -0.05) is 25.5 Å². The van der Waals surface area contributed by atoms with Crippen LogP contribution in [0.15, 0.2) is 35.4 Å². The maximum absolute atomic E-state index is 12.3. The molecule has 21 heavy (non-hydrogen) atoms. The Morgan fingerprint density at radius 3 is 2.57 bits per heavy atom. The predicted octanol–water partition coefficient (Wildman–Crippen LogP) is 2.05. The minimum Gasteiger partial charge on any atom is -0.262 e. The van der Waals surface area contributed by atoms with Crippen molar-refractivity contribution in [3.63, 3.8) is 0 Å². The van der Waals surface area contributed by atoms with Gasteiger partial charge in [-0.05, 0) is 24.1 Å².